The van der Waals surface area contributed by atoms with E-state index in [1.54, 1.807) is 0 Å². The van der Waals surface area contributed by atoms with Crippen molar-refractivity contribution in [2.45, 2.75) is 0 Å². The van der Waals surface area contributed by atoms with Crippen molar-refractivity contribution in [1.29, 1.82) is 0 Å². The van der Waals surface area contributed by atoms with Crippen molar-refractivity contribution in [2.24, 2.45) is 10.2 Å². The van der Waals surface area contributed by atoms with E-state index in [1.165, 1.54) is 0 Å². The molecule has 2 aromatic carbocycles. The predicted octanol–water partition coefficient (Wildman–Crippen LogP) is 6.02. The Morgan fingerprint density at radius 1 is 0.652 bits per heavy atom. The van der Waals surface area contributed by atoms with Gasteiger partial charge in [-0.1, -0.05) is 54.6 Å². The standard InChI is InChI=1S/C20H15N3/c1-3-9-16(10-4-1)19-15-18-13-7-8-14-23(18)20(19)22-21-17-11-5-2-6-12-17/h1-15H. The molecule has 0 aliphatic carbocycles. The summed E-state index contributed by atoms with van der Waals surface area (Å²) in [5.41, 5.74) is 4.17. The summed E-state index contributed by atoms with van der Waals surface area (Å²) in [7, 11) is 0. The molecular formula is C20H15N3. The number of fused-ring (bicyclic) bond motifs is 1. The number of hydrogen-bond donors (Lipinski definition) is 0. The Labute approximate surface area is 134 Å². The number of nitrogens with zero attached hydrogens (tertiary/aromatic N) is 3. The van der Waals surface area contributed by atoms with Gasteiger partial charge in [-0.25, -0.2) is 0 Å². The van der Waals surface area contributed by atoms with Gasteiger partial charge in [0.1, 0.15) is 0 Å². The van der Waals surface area contributed by atoms with Gasteiger partial charge in [0.15, 0.2) is 5.82 Å². The Bertz CT molecular complexity index is 954. The first-order valence-corrected chi connectivity index (χ1v) is 7.54. The molecule has 0 aliphatic heterocycles. The molecule has 2 heterocycles. The van der Waals surface area contributed by atoms with Crippen molar-refractivity contribution >= 4 is 17.0 Å². The molecule has 2 aromatic heterocycles. The van der Waals surface area contributed by atoms with Gasteiger partial charge in [-0.15, -0.1) is 10.2 Å². The van der Waals surface area contributed by atoms with E-state index in [2.05, 4.69) is 38.9 Å². The van der Waals surface area contributed by atoms with Crippen LogP contribution in [-0.2, 0) is 0 Å². The van der Waals surface area contributed by atoms with Crippen LogP contribution in [0.3, 0.4) is 0 Å². The Morgan fingerprint density at radius 3 is 2.13 bits per heavy atom. The van der Waals surface area contributed by atoms with Crippen LogP contribution in [0.4, 0.5) is 11.5 Å². The summed E-state index contributed by atoms with van der Waals surface area (Å²) in [6, 6.07) is 28.3. The summed E-state index contributed by atoms with van der Waals surface area (Å²) >= 11 is 0. The highest BCUT2D eigenvalue weighted by atomic mass is 15.2. The van der Waals surface area contributed by atoms with Crippen LogP contribution in [-0.4, -0.2) is 4.40 Å². The van der Waals surface area contributed by atoms with E-state index < -0.39 is 0 Å². The fourth-order valence-corrected chi connectivity index (χ4v) is 2.64. The minimum absolute atomic E-state index is 0.843. The second-order valence-corrected chi connectivity index (χ2v) is 5.28. The highest BCUT2D eigenvalue weighted by molar-refractivity contribution is 5.80. The first kappa shape index (κ1) is 13.5. The van der Waals surface area contributed by atoms with Gasteiger partial charge in [-0.05, 0) is 35.9 Å². The van der Waals surface area contributed by atoms with Crippen molar-refractivity contribution in [2.75, 3.05) is 0 Å². The third-order valence-electron chi connectivity index (χ3n) is 3.75. The Morgan fingerprint density at radius 2 is 1.35 bits per heavy atom. The molecule has 0 saturated carbocycles. The quantitative estimate of drug-likeness (QED) is 0.414. The summed E-state index contributed by atoms with van der Waals surface area (Å²) in [4.78, 5) is 0. The average molecular weight is 297 g/mol. The zero-order valence-electron chi connectivity index (χ0n) is 12.5. The van der Waals surface area contributed by atoms with Crippen LogP contribution in [0, 0.1) is 0 Å². The van der Waals surface area contributed by atoms with Crippen LogP contribution in [0.1, 0.15) is 0 Å². The third kappa shape index (κ3) is 2.64. The lowest BCUT2D eigenvalue weighted by atomic mass is 10.1. The number of rotatable bonds is 3. The molecule has 23 heavy (non-hydrogen) atoms. The molecule has 0 aliphatic rings. The minimum Gasteiger partial charge on any atom is -0.300 e. The van der Waals surface area contributed by atoms with Gasteiger partial charge in [-0.3, -0.25) is 4.40 Å². The molecular weight excluding hydrogens is 282 g/mol. The normalized spacial score (nSPS) is 11.3. The van der Waals surface area contributed by atoms with E-state index in [9.17, 15) is 0 Å². The van der Waals surface area contributed by atoms with Crippen LogP contribution in [0.5, 0.6) is 0 Å². The minimum atomic E-state index is 0.843. The van der Waals surface area contributed by atoms with Gasteiger partial charge >= 0.3 is 0 Å². The first-order valence-electron chi connectivity index (χ1n) is 7.54. The van der Waals surface area contributed by atoms with Gasteiger partial charge in [-0.2, -0.15) is 0 Å². The summed E-state index contributed by atoms with van der Waals surface area (Å²) in [5.74, 6) is 0.843. The molecule has 0 amide bonds. The highest BCUT2D eigenvalue weighted by Gasteiger charge is 2.11. The van der Waals surface area contributed by atoms with E-state index in [1.807, 2.05) is 66.9 Å². The maximum atomic E-state index is 4.53. The zero-order chi connectivity index (χ0) is 15.5. The van der Waals surface area contributed by atoms with Crippen LogP contribution >= 0.6 is 0 Å². The number of benzene rings is 2. The molecule has 4 rings (SSSR count). The predicted molar refractivity (Wildman–Crippen MR) is 93.5 cm³/mol. The van der Waals surface area contributed by atoms with Gasteiger partial charge in [0.05, 0.1) is 5.69 Å². The Hall–Kier alpha value is -3.20. The largest absolute Gasteiger partial charge is 0.300 e. The third-order valence-corrected chi connectivity index (χ3v) is 3.75. The van der Waals surface area contributed by atoms with E-state index in [0.717, 1.165) is 28.1 Å². The van der Waals surface area contributed by atoms with Crippen LogP contribution in [0.25, 0.3) is 16.6 Å². The summed E-state index contributed by atoms with van der Waals surface area (Å²) < 4.78 is 2.06. The molecule has 0 saturated heterocycles. The molecule has 3 nitrogen and oxygen atoms in total. The molecule has 0 spiro atoms. The second kappa shape index (κ2) is 5.89. The highest BCUT2D eigenvalue weighted by Crippen LogP contribution is 2.34. The fourth-order valence-electron chi connectivity index (χ4n) is 2.64. The van der Waals surface area contributed by atoms with E-state index in [-0.39, 0.29) is 0 Å². The van der Waals surface area contributed by atoms with Crippen molar-refractivity contribution in [1.82, 2.24) is 4.40 Å². The molecule has 0 radical (unpaired) electrons. The van der Waals surface area contributed by atoms with Gasteiger partial charge < -0.3 is 0 Å². The van der Waals surface area contributed by atoms with Crippen LogP contribution in [0.2, 0.25) is 0 Å². The lowest BCUT2D eigenvalue weighted by Gasteiger charge is -2.01. The molecule has 0 N–H and O–H groups in total. The smallest absolute Gasteiger partial charge is 0.167 e. The van der Waals surface area contributed by atoms with Crippen molar-refractivity contribution < 1.29 is 0 Å². The maximum absolute atomic E-state index is 4.53. The SMILES string of the molecule is c1ccc(N=Nc2c(-c3ccccc3)cc3ccccn23)cc1. The molecule has 110 valence electrons. The molecule has 0 fully saturated rings. The lowest BCUT2D eigenvalue weighted by molar-refractivity contribution is 1.11. The second-order valence-electron chi connectivity index (χ2n) is 5.28. The van der Waals surface area contributed by atoms with E-state index in [4.69, 9.17) is 0 Å². The number of azo groups is 1. The van der Waals surface area contributed by atoms with Gasteiger partial charge in [0.2, 0.25) is 0 Å². The van der Waals surface area contributed by atoms with Crippen molar-refractivity contribution in [3.05, 3.63) is 91.1 Å². The summed E-state index contributed by atoms with van der Waals surface area (Å²) in [5, 5.41) is 8.92. The Balaban J connectivity index is 1.88. The van der Waals surface area contributed by atoms with Crippen molar-refractivity contribution in [3.8, 4) is 11.1 Å². The van der Waals surface area contributed by atoms with E-state index in [0.29, 0.717) is 0 Å². The fraction of sp³-hybridized carbons (Fsp3) is 0. The van der Waals surface area contributed by atoms with Crippen LogP contribution in [0.15, 0.2) is 101 Å². The molecule has 0 unspecified atom stereocenters. The average Bonchev–Trinajstić information content (AvgIpc) is 3.00. The maximum Gasteiger partial charge on any atom is 0.167 e. The topological polar surface area (TPSA) is 29.1 Å². The molecule has 4 aromatic rings. The molecule has 0 bridgehead atoms. The monoisotopic (exact) mass is 297 g/mol. The molecule has 0 atom stereocenters. The lowest BCUT2D eigenvalue weighted by Crippen LogP contribution is -1.81. The van der Waals surface area contributed by atoms with Gasteiger partial charge in [0.25, 0.3) is 0 Å². The summed E-state index contributed by atoms with van der Waals surface area (Å²) in [6.45, 7) is 0. The van der Waals surface area contributed by atoms with E-state index >= 15 is 0 Å². The zero-order valence-corrected chi connectivity index (χ0v) is 12.5. The number of aromatic nitrogens is 1. The number of pyridine rings is 1. The summed E-state index contributed by atoms with van der Waals surface area (Å²) in [6.07, 6.45) is 2.02. The van der Waals surface area contributed by atoms with Gasteiger partial charge in [0, 0.05) is 17.3 Å². The van der Waals surface area contributed by atoms with Crippen molar-refractivity contribution in [3.63, 3.8) is 0 Å². The molecule has 3 heteroatoms. The Kier molecular flexibility index (Phi) is 3.45. The van der Waals surface area contributed by atoms with Crippen LogP contribution < -0.4 is 0 Å². The number of hydrogen-bond acceptors (Lipinski definition) is 2. The first-order chi connectivity index (χ1) is 11.4.